The number of aromatic nitrogens is 2. The summed E-state index contributed by atoms with van der Waals surface area (Å²) in [5, 5.41) is 56.5. The predicted molar refractivity (Wildman–Crippen MR) is 101 cm³/mol. The van der Waals surface area contributed by atoms with E-state index in [2.05, 4.69) is 10.4 Å². The maximum Gasteiger partial charge on any atom is 0.346 e. The van der Waals surface area contributed by atoms with Gasteiger partial charge in [0.1, 0.15) is 0 Å². The Morgan fingerprint density at radius 3 is 2.31 bits per heavy atom. The number of hydrogen-bond acceptors (Lipinski definition) is 8. The number of nitrogens with zero attached hydrogens (tertiary/aromatic N) is 3. The molecule has 1 amide bonds. The molecule has 0 saturated carbocycles. The molecule has 2 bridgehead atoms. The summed E-state index contributed by atoms with van der Waals surface area (Å²) in [6, 6.07) is 6.04. The zero-order valence-corrected chi connectivity index (χ0v) is 16.1. The molecule has 2 unspecified atom stereocenters. The van der Waals surface area contributed by atoms with Crippen molar-refractivity contribution in [1.82, 2.24) is 20.0 Å². The average molecular weight is 406 g/mol. The molecule has 0 aliphatic carbocycles. The highest BCUT2D eigenvalue weighted by atomic mass is 16.7. The summed E-state index contributed by atoms with van der Waals surface area (Å²) < 4.78 is 0.992. The number of carbonyl (C=O) groups excluding carboxylic acids is 1. The van der Waals surface area contributed by atoms with Gasteiger partial charge in [0.15, 0.2) is 5.69 Å². The van der Waals surface area contributed by atoms with Crippen LogP contribution < -0.4 is 5.32 Å². The van der Waals surface area contributed by atoms with E-state index in [4.69, 9.17) is 0 Å². The van der Waals surface area contributed by atoms with Crippen LogP contribution in [0.25, 0.3) is 10.9 Å². The Balaban J connectivity index is 1.57. The quantitative estimate of drug-likeness (QED) is 0.367. The lowest BCUT2D eigenvalue weighted by Crippen LogP contribution is -2.65. The smallest absolute Gasteiger partial charge is 0.346 e. The highest BCUT2D eigenvalue weighted by Crippen LogP contribution is 2.37. The predicted octanol–water partition coefficient (Wildman–Crippen LogP) is -0.645. The van der Waals surface area contributed by atoms with Crippen LogP contribution in [0.1, 0.15) is 49.5 Å². The van der Waals surface area contributed by atoms with Crippen molar-refractivity contribution < 1.29 is 30.3 Å². The van der Waals surface area contributed by atoms with Crippen LogP contribution in [0.3, 0.4) is 0 Å². The number of para-hydroxylation sites is 1. The second-order valence-corrected chi connectivity index (χ2v) is 8.14. The molecule has 2 aliphatic rings. The SMILES string of the molecule is CC(O)(O)n1nc(C(=O)NC2CC3CCCC(C2)N3C(O)(O)O)c2ccccc21. The highest BCUT2D eigenvalue weighted by Gasteiger charge is 2.47. The Morgan fingerprint density at radius 1 is 1.10 bits per heavy atom. The molecule has 6 N–H and O–H groups in total. The van der Waals surface area contributed by atoms with Crippen LogP contribution >= 0.6 is 0 Å². The summed E-state index contributed by atoms with van der Waals surface area (Å²) >= 11 is 0. The van der Waals surface area contributed by atoms with Crippen LogP contribution in [0.2, 0.25) is 0 Å². The van der Waals surface area contributed by atoms with Crippen molar-refractivity contribution in [1.29, 1.82) is 0 Å². The molecule has 0 spiro atoms. The number of aliphatic hydroxyl groups is 5. The summed E-state index contributed by atoms with van der Waals surface area (Å²) in [7, 11) is 0. The number of amides is 1. The maximum atomic E-state index is 13.0. The first-order valence-electron chi connectivity index (χ1n) is 9.75. The number of benzene rings is 1. The van der Waals surface area contributed by atoms with Crippen LogP contribution in [0.15, 0.2) is 24.3 Å². The summed E-state index contributed by atoms with van der Waals surface area (Å²) in [5.74, 6) is -2.70. The van der Waals surface area contributed by atoms with Crippen molar-refractivity contribution in [2.75, 3.05) is 0 Å². The van der Waals surface area contributed by atoms with Crippen LogP contribution in [0, 0.1) is 0 Å². The molecular weight excluding hydrogens is 380 g/mol. The summed E-state index contributed by atoms with van der Waals surface area (Å²) in [6.07, 6.45) is 0.355. The number of piperidine rings is 2. The molecule has 2 saturated heterocycles. The minimum absolute atomic E-state index is 0.0864. The van der Waals surface area contributed by atoms with E-state index in [1.165, 1.54) is 4.90 Å². The van der Waals surface area contributed by atoms with E-state index < -0.39 is 17.9 Å². The molecule has 2 aromatic rings. The molecule has 2 fully saturated rings. The third kappa shape index (κ3) is 3.75. The molecule has 158 valence electrons. The van der Waals surface area contributed by atoms with Gasteiger partial charge in [0.2, 0.25) is 0 Å². The van der Waals surface area contributed by atoms with E-state index in [0.717, 1.165) is 18.0 Å². The third-order valence-electron chi connectivity index (χ3n) is 5.86. The standard InChI is InChI=1S/C19H26N4O6/c1-18(25,26)23-15-8-3-2-7-14(15)16(21-23)17(24)20-11-9-12-5-4-6-13(10-11)22(12)19(27,28)29/h2-3,7-8,11-13,25-29H,4-6,9-10H2,1H3,(H,20,24). The van der Waals surface area contributed by atoms with Gasteiger partial charge in [0.25, 0.3) is 11.8 Å². The van der Waals surface area contributed by atoms with E-state index in [1.54, 1.807) is 24.3 Å². The van der Waals surface area contributed by atoms with E-state index in [0.29, 0.717) is 36.6 Å². The van der Waals surface area contributed by atoms with Gasteiger partial charge in [-0.2, -0.15) is 5.10 Å². The topological polar surface area (TPSA) is 151 Å². The van der Waals surface area contributed by atoms with Crippen molar-refractivity contribution in [2.45, 2.75) is 69.2 Å². The van der Waals surface area contributed by atoms with E-state index in [9.17, 15) is 30.3 Å². The van der Waals surface area contributed by atoms with Crippen molar-refractivity contribution in [3.05, 3.63) is 30.0 Å². The van der Waals surface area contributed by atoms with Gasteiger partial charge in [-0.1, -0.05) is 24.6 Å². The van der Waals surface area contributed by atoms with Crippen molar-refractivity contribution in [3.8, 4) is 0 Å². The number of carbonyl (C=O) groups is 1. The largest absolute Gasteiger partial charge is 0.348 e. The zero-order chi connectivity index (χ0) is 21.0. The molecule has 2 atom stereocenters. The second-order valence-electron chi connectivity index (χ2n) is 8.14. The number of hydrogen-bond donors (Lipinski definition) is 6. The van der Waals surface area contributed by atoms with Crippen molar-refractivity contribution >= 4 is 16.8 Å². The fourth-order valence-corrected chi connectivity index (χ4v) is 4.80. The minimum Gasteiger partial charge on any atom is -0.348 e. The first-order chi connectivity index (χ1) is 13.6. The fraction of sp³-hybridized carbons (Fsp3) is 0.579. The van der Waals surface area contributed by atoms with Gasteiger partial charge in [0, 0.05) is 30.4 Å². The Hall–Kier alpha value is -2.08. The third-order valence-corrected chi connectivity index (χ3v) is 5.86. The molecule has 1 aromatic carbocycles. The summed E-state index contributed by atoms with van der Waals surface area (Å²) in [6.45, 7) is 1.16. The van der Waals surface area contributed by atoms with Gasteiger partial charge in [-0.25, -0.2) is 9.58 Å². The van der Waals surface area contributed by atoms with Gasteiger partial charge in [0.05, 0.1) is 5.52 Å². The number of nitrogens with one attached hydrogen (secondary N) is 1. The van der Waals surface area contributed by atoms with Crippen LogP contribution in [-0.2, 0) is 5.91 Å². The van der Waals surface area contributed by atoms with Gasteiger partial charge in [-0.3, -0.25) is 4.79 Å². The van der Waals surface area contributed by atoms with Crippen molar-refractivity contribution in [2.24, 2.45) is 0 Å². The monoisotopic (exact) mass is 406 g/mol. The first kappa shape index (κ1) is 20.2. The molecular formula is C19H26N4O6. The fourth-order valence-electron chi connectivity index (χ4n) is 4.80. The van der Waals surface area contributed by atoms with Gasteiger partial charge < -0.3 is 30.8 Å². The van der Waals surface area contributed by atoms with Crippen LogP contribution in [0.5, 0.6) is 0 Å². The Bertz CT molecular complexity index is 902. The van der Waals surface area contributed by atoms with Crippen LogP contribution in [-0.4, -0.2) is 70.3 Å². The summed E-state index contributed by atoms with van der Waals surface area (Å²) in [5.41, 5.74) is 0.505. The lowest BCUT2D eigenvalue weighted by molar-refractivity contribution is -0.416. The Labute approximate surface area is 167 Å². The number of fused-ring (bicyclic) bond motifs is 3. The normalized spacial score (nSPS) is 25.9. The Morgan fingerprint density at radius 2 is 1.72 bits per heavy atom. The molecule has 29 heavy (non-hydrogen) atoms. The minimum atomic E-state index is -2.87. The molecule has 0 radical (unpaired) electrons. The molecule has 4 rings (SSSR count). The highest BCUT2D eigenvalue weighted by molar-refractivity contribution is 6.05. The molecule has 2 aliphatic heterocycles. The lowest BCUT2D eigenvalue weighted by atomic mass is 9.81. The van der Waals surface area contributed by atoms with Gasteiger partial charge in [-0.05, 0) is 31.7 Å². The number of rotatable bonds is 4. The van der Waals surface area contributed by atoms with Crippen LogP contribution in [0.4, 0.5) is 0 Å². The molecule has 10 heteroatoms. The van der Waals surface area contributed by atoms with E-state index in [-0.39, 0.29) is 23.8 Å². The molecule has 10 nitrogen and oxygen atoms in total. The second kappa shape index (κ2) is 7.01. The van der Waals surface area contributed by atoms with E-state index >= 15 is 0 Å². The molecule has 1 aromatic heterocycles. The van der Waals surface area contributed by atoms with Gasteiger partial charge >= 0.3 is 6.10 Å². The zero-order valence-electron chi connectivity index (χ0n) is 16.1. The lowest BCUT2D eigenvalue weighted by Gasteiger charge is -2.51. The Kier molecular flexibility index (Phi) is 4.88. The van der Waals surface area contributed by atoms with Gasteiger partial charge in [-0.15, -0.1) is 0 Å². The molecule has 3 heterocycles. The average Bonchev–Trinajstić information content (AvgIpc) is 3.00. The maximum absolute atomic E-state index is 13.0. The summed E-state index contributed by atoms with van der Waals surface area (Å²) in [4.78, 5) is 14.3. The van der Waals surface area contributed by atoms with E-state index in [1.807, 2.05) is 0 Å². The first-order valence-corrected chi connectivity index (χ1v) is 9.75. The van der Waals surface area contributed by atoms with Crippen molar-refractivity contribution in [3.63, 3.8) is 0 Å².